The zero-order valence-corrected chi connectivity index (χ0v) is 14.8. The first-order valence-corrected chi connectivity index (χ1v) is 8.79. The van der Waals surface area contributed by atoms with Crippen LogP contribution in [0.25, 0.3) is 10.9 Å². The first-order valence-electron chi connectivity index (χ1n) is 8.79. The van der Waals surface area contributed by atoms with Crippen LogP contribution in [0.15, 0.2) is 53.3 Å². The first kappa shape index (κ1) is 17.1. The lowest BCUT2D eigenvalue weighted by Crippen LogP contribution is -2.28. The molecule has 27 heavy (non-hydrogen) atoms. The fourth-order valence-electron chi connectivity index (χ4n) is 3.13. The number of hydrogen-bond acceptors (Lipinski definition) is 5. The van der Waals surface area contributed by atoms with Crippen molar-refractivity contribution in [3.63, 3.8) is 0 Å². The van der Waals surface area contributed by atoms with E-state index in [1.54, 1.807) is 18.2 Å². The van der Waals surface area contributed by atoms with Crippen molar-refractivity contribution in [2.45, 2.75) is 19.4 Å². The van der Waals surface area contributed by atoms with Gasteiger partial charge in [-0.2, -0.15) is 0 Å². The van der Waals surface area contributed by atoms with Crippen LogP contribution in [-0.2, 0) is 11.3 Å². The average molecular weight is 365 g/mol. The molecular formula is C21H19NO5. The largest absolute Gasteiger partial charge is 0.506 e. The highest BCUT2D eigenvalue weighted by Gasteiger charge is 2.27. The molecule has 0 saturated heterocycles. The topological polar surface area (TPSA) is 77.8 Å². The molecule has 1 fully saturated rings. The van der Waals surface area contributed by atoms with Crippen LogP contribution in [0.4, 0.5) is 0 Å². The zero-order valence-electron chi connectivity index (χ0n) is 14.8. The molecule has 1 N–H and O–H groups in total. The number of rotatable bonds is 5. The lowest BCUT2D eigenvalue weighted by atomic mass is 10.1. The zero-order chi connectivity index (χ0) is 19.0. The number of ether oxygens (including phenoxy) is 2. The second-order valence-electron chi connectivity index (χ2n) is 6.67. The summed E-state index contributed by atoms with van der Waals surface area (Å²) in [5.74, 6) is 0.416. The number of para-hydroxylation sites is 1. The molecule has 0 radical (unpaired) electrons. The van der Waals surface area contributed by atoms with Crippen molar-refractivity contribution >= 4 is 16.9 Å². The van der Waals surface area contributed by atoms with E-state index in [1.165, 1.54) is 11.7 Å². The number of fused-ring (bicyclic) bond motifs is 1. The Morgan fingerprint density at radius 3 is 2.56 bits per heavy atom. The number of aromatic nitrogens is 1. The molecule has 1 aliphatic carbocycles. The number of esters is 1. The van der Waals surface area contributed by atoms with E-state index in [0.717, 1.165) is 12.8 Å². The van der Waals surface area contributed by atoms with Gasteiger partial charge >= 0.3 is 5.97 Å². The number of nitrogens with zero attached hydrogens (tertiary/aromatic N) is 1. The van der Waals surface area contributed by atoms with Crippen molar-refractivity contribution in [3.8, 4) is 17.2 Å². The number of carbonyl (C=O) groups excluding carboxylic acids is 1. The van der Waals surface area contributed by atoms with Gasteiger partial charge in [0.05, 0.1) is 12.6 Å². The quantitative estimate of drug-likeness (QED) is 0.698. The molecule has 2 aromatic carbocycles. The summed E-state index contributed by atoms with van der Waals surface area (Å²) in [5, 5.41) is 10.9. The average Bonchev–Trinajstić information content (AvgIpc) is 3.50. The number of methoxy groups -OCH3 is 1. The Bertz CT molecular complexity index is 1070. The Labute approximate surface area is 155 Å². The summed E-state index contributed by atoms with van der Waals surface area (Å²) >= 11 is 0. The van der Waals surface area contributed by atoms with Crippen LogP contribution in [0.3, 0.4) is 0 Å². The van der Waals surface area contributed by atoms with Gasteiger partial charge in [0.2, 0.25) is 0 Å². The molecular weight excluding hydrogens is 346 g/mol. The fourth-order valence-corrected chi connectivity index (χ4v) is 3.13. The van der Waals surface area contributed by atoms with E-state index < -0.39 is 11.5 Å². The van der Waals surface area contributed by atoms with Crippen molar-refractivity contribution in [3.05, 3.63) is 64.4 Å². The van der Waals surface area contributed by atoms with Gasteiger partial charge in [0.15, 0.2) is 5.56 Å². The SMILES string of the molecule is COC(=O)c1c(O)c2ccc(Oc3ccccc3)cc2n(CC2CC2)c1=O. The molecule has 3 aromatic rings. The van der Waals surface area contributed by atoms with Gasteiger partial charge < -0.3 is 19.1 Å². The molecule has 0 spiro atoms. The maximum Gasteiger partial charge on any atom is 0.347 e. The van der Waals surface area contributed by atoms with Crippen molar-refractivity contribution < 1.29 is 19.4 Å². The van der Waals surface area contributed by atoms with Crippen molar-refractivity contribution in [2.75, 3.05) is 7.11 Å². The first-order chi connectivity index (χ1) is 13.1. The summed E-state index contributed by atoms with van der Waals surface area (Å²) in [6.45, 7) is 0.494. The smallest absolute Gasteiger partial charge is 0.347 e. The fraction of sp³-hybridized carbons (Fsp3) is 0.238. The number of aromatic hydroxyl groups is 1. The Balaban J connectivity index is 1.88. The summed E-state index contributed by atoms with van der Waals surface area (Å²) in [5.41, 5.74) is -0.344. The highest BCUT2D eigenvalue weighted by atomic mass is 16.5. The van der Waals surface area contributed by atoms with Gasteiger partial charge in [0.1, 0.15) is 17.2 Å². The molecule has 0 bridgehead atoms. The maximum absolute atomic E-state index is 12.9. The molecule has 0 atom stereocenters. The van der Waals surface area contributed by atoms with Crippen LogP contribution in [0, 0.1) is 5.92 Å². The Hall–Kier alpha value is -3.28. The Morgan fingerprint density at radius 2 is 1.89 bits per heavy atom. The second kappa shape index (κ2) is 6.79. The molecule has 138 valence electrons. The third kappa shape index (κ3) is 3.26. The van der Waals surface area contributed by atoms with E-state index in [1.807, 2.05) is 30.3 Å². The summed E-state index contributed by atoms with van der Waals surface area (Å²) in [6.07, 6.45) is 2.09. The van der Waals surface area contributed by atoms with Gasteiger partial charge in [-0.05, 0) is 43.0 Å². The normalized spacial score (nSPS) is 13.5. The summed E-state index contributed by atoms with van der Waals surface area (Å²) < 4.78 is 12.1. The molecule has 4 rings (SSSR count). The van der Waals surface area contributed by atoms with Gasteiger partial charge in [-0.25, -0.2) is 4.79 Å². The van der Waals surface area contributed by atoms with E-state index in [4.69, 9.17) is 4.74 Å². The molecule has 0 unspecified atom stereocenters. The minimum Gasteiger partial charge on any atom is -0.506 e. The highest BCUT2D eigenvalue weighted by Crippen LogP contribution is 2.35. The lowest BCUT2D eigenvalue weighted by Gasteiger charge is -2.15. The van der Waals surface area contributed by atoms with E-state index in [-0.39, 0.29) is 11.3 Å². The summed E-state index contributed by atoms with van der Waals surface area (Å²) in [7, 11) is 1.19. The van der Waals surface area contributed by atoms with Gasteiger partial charge in [-0.15, -0.1) is 0 Å². The minimum atomic E-state index is -0.839. The number of benzene rings is 2. The highest BCUT2D eigenvalue weighted by molar-refractivity contribution is 5.99. The number of carbonyl (C=O) groups is 1. The van der Waals surface area contributed by atoms with E-state index in [0.29, 0.717) is 34.9 Å². The number of pyridine rings is 1. The molecule has 6 heteroatoms. The van der Waals surface area contributed by atoms with Crippen molar-refractivity contribution in [2.24, 2.45) is 5.92 Å². The van der Waals surface area contributed by atoms with Gasteiger partial charge in [0.25, 0.3) is 5.56 Å². The second-order valence-corrected chi connectivity index (χ2v) is 6.67. The Morgan fingerprint density at radius 1 is 1.15 bits per heavy atom. The monoisotopic (exact) mass is 365 g/mol. The predicted molar refractivity (Wildman–Crippen MR) is 100 cm³/mol. The van der Waals surface area contributed by atoms with Crippen LogP contribution < -0.4 is 10.3 Å². The molecule has 1 aliphatic rings. The standard InChI is InChI=1S/C21H19NO5/c1-26-21(25)18-19(23)16-10-9-15(27-14-5-3-2-4-6-14)11-17(16)22(20(18)24)12-13-7-8-13/h2-6,9-11,13,23H,7-8,12H2,1H3. The molecule has 1 aromatic heterocycles. The van der Waals surface area contributed by atoms with Gasteiger partial charge in [0, 0.05) is 18.0 Å². The summed E-state index contributed by atoms with van der Waals surface area (Å²) in [4.78, 5) is 24.9. The van der Waals surface area contributed by atoms with Crippen LogP contribution in [0.1, 0.15) is 23.2 Å². The van der Waals surface area contributed by atoms with Crippen molar-refractivity contribution in [1.82, 2.24) is 4.57 Å². The van der Waals surface area contributed by atoms with Crippen LogP contribution in [0.5, 0.6) is 17.2 Å². The van der Waals surface area contributed by atoms with Crippen LogP contribution in [0.2, 0.25) is 0 Å². The lowest BCUT2D eigenvalue weighted by molar-refractivity contribution is 0.0595. The van der Waals surface area contributed by atoms with Crippen molar-refractivity contribution in [1.29, 1.82) is 0 Å². The predicted octanol–water partition coefficient (Wildman–Crippen LogP) is 3.70. The Kier molecular flexibility index (Phi) is 4.32. The van der Waals surface area contributed by atoms with Gasteiger partial charge in [-0.1, -0.05) is 18.2 Å². The van der Waals surface area contributed by atoms with E-state index in [9.17, 15) is 14.7 Å². The number of hydrogen-bond donors (Lipinski definition) is 1. The summed E-state index contributed by atoms with van der Waals surface area (Å²) in [6, 6.07) is 14.4. The minimum absolute atomic E-state index is 0.331. The van der Waals surface area contributed by atoms with E-state index in [2.05, 4.69) is 4.74 Å². The van der Waals surface area contributed by atoms with Crippen LogP contribution >= 0.6 is 0 Å². The molecule has 1 heterocycles. The van der Waals surface area contributed by atoms with E-state index >= 15 is 0 Å². The van der Waals surface area contributed by atoms with Crippen LogP contribution in [-0.4, -0.2) is 22.8 Å². The van der Waals surface area contributed by atoms with Gasteiger partial charge in [-0.3, -0.25) is 4.79 Å². The third-order valence-corrected chi connectivity index (χ3v) is 4.72. The molecule has 0 amide bonds. The molecule has 0 aliphatic heterocycles. The molecule has 1 saturated carbocycles. The third-order valence-electron chi connectivity index (χ3n) is 4.72. The molecule has 6 nitrogen and oxygen atoms in total. The maximum atomic E-state index is 12.9.